The predicted octanol–water partition coefficient (Wildman–Crippen LogP) is 11.8. The number of aliphatic hydroxyl groups is 1. The number of hydrogen-bond donors (Lipinski definition) is 10. The summed E-state index contributed by atoms with van der Waals surface area (Å²) in [6.45, 7) is 19.3. The van der Waals surface area contributed by atoms with E-state index >= 15 is 0 Å². The van der Waals surface area contributed by atoms with Crippen LogP contribution in [0.3, 0.4) is 0 Å². The second kappa shape index (κ2) is 62.3. The van der Waals surface area contributed by atoms with E-state index in [9.17, 15) is 73.1 Å². The number of nitro groups is 3. The number of para-hydroxylation sites is 2. The van der Waals surface area contributed by atoms with Gasteiger partial charge in [0.1, 0.15) is 65.3 Å². The van der Waals surface area contributed by atoms with E-state index in [2.05, 4.69) is 72.8 Å². The number of likely N-dealkylation sites (N-methyl/N-ethyl adjacent to an activating group) is 7. The highest BCUT2D eigenvalue weighted by atomic mass is 35.5. The molecule has 0 aliphatic heterocycles. The molecule has 42 nitrogen and oxygen atoms in total. The summed E-state index contributed by atoms with van der Waals surface area (Å²) in [5.41, 5.74) is 25.5. The van der Waals surface area contributed by atoms with Crippen LogP contribution in [0.25, 0.3) is 0 Å². The Balaban J connectivity index is 0.000000565. The van der Waals surface area contributed by atoms with Crippen molar-refractivity contribution in [3.63, 3.8) is 0 Å². The van der Waals surface area contributed by atoms with Crippen molar-refractivity contribution >= 4 is 167 Å². The van der Waals surface area contributed by atoms with Gasteiger partial charge in [0, 0.05) is 121 Å². The summed E-state index contributed by atoms with van der Waals surface area (Å²) in [5, 5.41) is 53.7. The van der Waals surface area contributed by atoms with Gasteiger partial charge in [-0.25, -0.2) is 14.4 Å². The third-order valence-electron chi connectivity index (χ3n) is 16.8. The number of ether oxygens (including phenoxy) is 4. The molecule has 0 fully saturated rings. The minimum Gasteiger partial charge on any atom is -0.492 e. The molecule has 0 saturated carbocycles. The number of aromatic nitrogens is 4. The topological polar surface area (TPSA) is 562 Å². The molecule has 0 atom stereocenters. The van der Waals surface area contributed by atoms with Crippen molar-refractivity contribution < 1.29 is 81.6 Å². The maximum Gasteiger partial charge on any atom is 0.294 e. The highest BCUT2D eigenvalue weighted by molar-refractivity contribution is 6.66. The Kier molecular flexibility index (Phi) is 53.6. The summed E-state index contributed by atoms with van der Waals surface area (Å²) >= 11 is 17.0. The Morgan fingerprint density at radius 3 is 1.25 bits per heavy atom. The van der Waals surface area contributed by atoms with Crippen molar-refractivity contribution in [1.82, 2.24) is 54.2 Å². The number of nitrogens with one attached hydrogen (secondary N) is 5. The van der Waals surface area contributed by atoms with Crippen LogP contribution in [0.5, 0.6) is 23.0 Å². The molecule has 0 spiro atoms. The van der Waals surface area contributed by atoms with Crippen LogP contribution in [0.15, 0.2) is 203 Å². The van der Waals surface area contributed by atoms with Gasteiger partial charge >= 0.3 is 0 Å². The number of allylic oxidation sites excluding steroid dienone is 2. The molecule has 137 heavy (non-hydrogen) atoms. The summed E-state index contributed by atoms with van der Waals surface area (Å²) in [7, 11) is 25.4. The van der Waals surface area contributed by atoms with Crippen molar-refractivity contribution in [2.45, 2.75) is 6.42 Å². The average Bonchev–Trinajstić information content (AvgIpc) is 0.823. The average molecular weight is 1960 g/mol. The molecule has 0 radical (unpaired) electrons. The van der Waals surface area contributed by atoms with E-state index in [1.807, 2.05) is 95.0 Å². The third-order valence-corrected chi connectivity index (χ3v) is 17.5. The summed E-state index contributed by atoms with van der Waals surface area (Å²) in [4.78, 5) is 152. The zero-order valence-corrected chi connectivity index (χ0v) is 80.5. The SMILES string of the molecule is C=CC(=O)Cc1cc(Nc2ncc(Cl)c(Nc3ccccc3C(=O)C(=O)N(C)C)n2)ccc1OCCN(C)C.C=CC(=O)Cl.C=CC(=O)Nc1cc(N)ccc1OCCN(C)C.C=CC(=O)Nc1cc([N+](=O)[O-])ccc1OCCN(C)C.CN(C)C(=O)C(=O)c1ccccc1Nc1nc(N)ncc1Cl.CN(C)CCO.CN(C)CCOc1ccc([N+](=O)[O-])cc1N.Nc1cc([N+](=O)[O-])ccc1F. The number of halogens is 4. The van der Waals surface area contributed by atoms with E-state index in [-0.39, 0.29) is 104 Å². The molecule has 0 saturated heterocycles. The molecule has 0 aliphatic rings. The molecule has 14 N–H and O–H groups in total. The first kappa shape index (κ1) is 118. The largest absolute Gasteiger partial charge is 0.492 e. The number of benzene rings is 7. The van der Waals surface area contributed by atoms with Crippen LogP contribution in [0.4, 0.5) is 90.5 Å². The quantitative estimate of drug-likeness (QED) is 0.00325. The van der Waals surface area contributed by atoms with Gasteiger partial charge in [0.05, 0.1) is 79.0 Å². The highest BCUT2D eigenvalue weighted by Crippen LogP contribution is 2.34. The van der Waals surface area contributed by atoms with Gasteiger partial charge in [0.25, 0.3) is 40.4 Å². The monoisotopic (exact) mass is 1960 g/mol. The van der Waals surface area contributed by atoms with Crippen LogP contribution in [0.2, 0.25) is 10.0 Å². The molecular weight excluding hydrogens is 1840 g/mol. The first-order valence-corrected chi connectivity index (χ1v) is 41.8. The van der Waals surface area contributed by atoms with E-state index in [4.69, 9.17) is 81.8 Å². The first-order chi connectivity index (χ1) is 64.6. The molecule has 46 heteroatoms. The van der Waals surface area contributed by atoms with E-state index in [1.165, 1.54) is 98.9 Å². The Morgan fingerprint density at radius 2 is 0.847 bits per heavy atom. The fourth-order valence-corrected chi connectivity index (χ4v) is 10.0. The Morgan fingerprint density at radius 1 is 0.460 bits per heavy atom. The zero-order valence-electron chi connectivity index (χ0n) is 78.2. The van der Waals surface area contributed by atoms with Crippen LogP contribution in [0.1, 0.15) is 26.3 Å². The lowest BCUT2D eigenvalue weighted by molar-refractivity contribution is -0.385. The molecule has 9 aromatic rings. The lowest BCUT2D eigenvalue weighted by Crippen LogP contribution is -2.30. The van der Waals surface area contributed by atoms with E-state index < -0.39 is 55.1 Å². The van der Waals surface area contributed by atoms with Gasteiger partial charge < -0.3 is 108 Å². The molecule has 0 bridgehead atoms. The van der Waals surface area contributed by atoms with Crippen LogP contribution in [-0.4, -0.2) is 285 Å². The number of Topliss-reactive ketones (excluding diaryl/α,β-unsaturated/α-hetero) is 2. The van der Waals surface area contributed by atoms with Crippen molar-refractivity contribution in [3.8, 4) is 23.0 Å². The normalized spacial score (nSPS) is 10.1. The van der Waals surface area contributed by atoms with Crippen molar-refractivity contribution in [1.29, 1.82) is 0 Å². The second-order valence-electron chi connectivity index (χ2n) is 29.7. The molecule has 4 amide bonds. The summed E-state index contributed by atoms with van der Waals surface area (Å²) in [6.07, 6.45) is 7.49. The lowest BCUT2D eigenvalue weighted by Gasteiger charge is -2.16. The molecule has 0 aliphatic carbocycles. The Labute approximate surface area is 807 Å². The molecule has 736 valence electrons. The second-order valence-corrected chi connectivity index (χ2v) is 30.9. The number of carbonyl (C=O) groups is 8. The third kappa shape index (κ3) is 45.9. The smallest absolute Gasteiger partial charge is 0.294 e. The molecule has 2 aromatic heterocycles. The number of hydrogen-bond acceptors (Lipinski definition) is 35. The Hall–Kier alpha value is -15.2. The summed E-state index contributed by atoms with van der Waals surface area (Å²) in [6, 6.07) is 34.9. The molecular formula is C91H115Cl3FN23O19. The summed E-state index contributed by atoms with van der Waals surface area (Å²) in [5.74, 6) is -1.29. The van der Waals surface area contributed by atoms with E-state index in [0.717, 1.165) is 56.5 Å². The minimum absolute atomic E-state index is 0.0301. The van der Waals surface area contributed by atoms with Crippen LogP contribution in [-0.2, 0) is 35.2 Å². The van der Waals surface area contributed by atoms with Gasteiger partial charge in [-0.3, -0.25) is 68.7 Å². The first-order valence-electron chi connectivity index (χ1n) is 40.7. The van der Waals surface area contributed by atoms with Gasteiger partial charge in [0.15, 0.2) is 17.4 Å². The molecule has 9 rings (SSSR count). The standard InChI is InChI=1S/C28H31ClN6O4.C14H14ClN5O2.C13H17N3O4.C13H19N3O2.C10H15N3O3.C6H5FN2O2.C4H11NO.C3H3ClO/c1-6-20(36)16-18-15-19(11-12-24(18)39-14-13-34(2)3)31-28-30-17-22(29)26(33-28)32-23-10-8-7-9-21(23)25(37)27(38)35(4)5;1-20(2)13(22)11(21)8-5-3-4-6-10(8)18-12-9(15)7-17-14(16)19-12;1-4-13(17)14-11-9-10(16(18)19)5-6-12(11)20-8-7-15(2)3;1-4-13(17)15-11-9-10(14)5-6-12(11)18-8-7-16(2)3;1-12(2)5-6-16-10-4-3-8(13(14)15)7-9(10)11;7-5-2-1-4(9(10)11)3-6(5)8;1-5(2)3-4-6;1-2-3(4)5/h6-12,15,17H,1,13-14,16H2,2-5H3,(H2,30,31,32,33);3-7H,1-2H3,(H3,16,17,18,19);4-6,9H,1,7-8H2,2-3H3,(H,14,17);4-6,9H,1,7-8,14H2,2-3H3,(H,15,17);3-4,7H,5-6,11H2,1-2H3;1-3H,8H2;6H,3-4H2,1-2H3;2H,1H2. The number of nitrogens with zero attached hydrogens (tertiary/aromatic N) is 14. The maximum absolute atomic E-state index is 12.7. The number of amides is 4. The number of carbonyl (C=O) groups excluding carboxylic acids is 8. The number of nitrogens with two attached hydrogens (primary N) is 4. The number of rotatable bonds is 39. The van der Waals surface area contributed by atoms with Gasteiger partial charge in [-0.05, 0) is 185 Å². The van der Waals surface area contributed by atoms with Crippen molar-refractivity contribution in [2.75, 3.05) is 214 Å². The number of ketones is 3. The molecule has 7 aromatic carbocycles. The molecule has 0 unspecified atom stereocenters. The van der Waals surface area contributed by atoms with Gasteiger partial charge in [0.2, 0.25) is 29.0 Å². The van der Waals surface area contributed by atoms with Crippen LogP contribution >= 0.6 is 34.8 Å². The van der Waals surface area contributed by atoms with E-state index in [0.29, 0.717) is 90.0 Å². The fourth-order valence-electron chi connectivity index (χ4n) is 9.75. The summed E-state index contributed by atoms with van der Waals surface area (Å²) < 4.78 is 34.8. The van der Waals surface area contributed by atoms with Gasteiger partial charge in [-0.15, -0.1) is 0 Å². The van der Waals surface area contributed by atoms with Gasteiger partial charge in [-0.2, -0.15) is 9.97 Å². The maximum atomic E-state index is 12.7. The predicted molar refractivity (Wildman–Crippen MR) is 532 cm³/mol. The van der Waals surface area contributed by atoms with E-state index in [1.54, 1.807) is 84.9 Å². The zero-order chi connectivity index (χ0) is 103. The Bertz CT molecular complexity index is 5600. The number of anilines is 12. The number of nitro benzene ring substituents is 3. The number of non-ortho nitro benzene ring substituents is 3. The number of nitrogen functional groups attached to an aromatic ring is 4. The highest BCUT2D eigenvalue weighted by Gasteiger charge is 2.25. The van der Waals surface area contributed by atoms with Gasteiger partial charge in [-0.1, -0.05) is 73.8 Å². The minimum atomic E-state index is -0.666. The lowest BCUT2D eigenvalue weighted by atomic mass is 10.1. The number of aliphatic hydroxyl groups excluding tert-OH is 1. The van der Waals surface area contributed by atoms with Crippen LogP contribution < -0.4 is 68.5 Å². The van der Waals surface area contributed by atoms with Crippen molar-refractivity contribution in [3.05, 3.63) is 265 Å². The van der Waals surface area contributed by atoms with Crippen molar-refractivity contribution in [2.24, 2.45) is 0 Å². The van der Waals surface area contributed by atoms with Crippen LogP contribution in [0, 0.1) is 36.2 Å². The fraction of sp³-hybridized carbons (Fsp3) is 0.275. The molecule has 2 heterocycles.